The van der Waals surface area contributed by atoms with Crippen molar-refractivity contribution in [3.05, 3.63) is 59.0 Å². The van der Waals surface area contributed by atoms with Crippen LogP contribution >= 0.6 is 0 Å². The molecule has 0 aliphatic carbocycles. The molecule has 0 saturated carbocycles. The van der Waals surface area contributed by atoms with Gasteiger partial charge in [-0.1, -0.05) is 39.0 Å². The Labute approximate surface area is 119 Å². The Balaban J connectivity index is 2.05. The molecule has 1 aromatic heterocycles. The molecule has 2 rings (SSSR count). The second-order valence-corrected chi connectivity index (χ2v) is 5.88. The summed E-state index contributed by atoms with van der Waals surface area (Å²) in [5, 5.41) is 0. The van der Waals surface area contributed by atoms with Crippen molar-refractivity contribution in [3.8, 4) is 0 Å². The Morgan fingerprint density at radius 1 is 1.20 bits per heavy atom. The molecule has 1 aromatic carbocycles. The van der Waals surface area contributed by atoms with Crippen LogP contribution in [-0.2, 0) is 16.8 Å². The molecule has 0 unspecified atom stereocenters. The molecule has 0 atom stereocenters. The van der Waals surface area contributed by atoms with Crippen LogP contribution in [0.2, 0.25) is 0 Å². The van der Waals surface area contributed by atoms with Crippen LogP contribution in [-0.4, -0.2) is 5.97 Å². The van der Waals surface area contributed by atoms with Gasteiger partial charge in [0.1, 0.15) is 18.1 Å². The lowest BCUT2D eigenvalue weighted by atomic mass is 9.93. The monoisotopic (exact) mass is 272 g/mol. The topological polar surface area (TPSA) is 39.4 Å². The molecule has 0 bridgehead atoms. The maximum Gasteiger partial charge on any atom is 0.338 e. The van der Waals surface area contributed by atoms with E-state index in [1.807, 2.05) is 31.2 Å². The number of hydrogen-bond donors (Lipinski definition) is 0. The average Bonchev–Trinajstić information content (AvgIpc) is 2.78. The summed E-state index contributed by atoms with van der Waals surface area (Å²) in [6.45, 7) is 8.39. The first kappa shape index (κ1) is 14.4. The summed E-state index contributed by atoms with van der Waals surface area (Å²) in [7, 11) is 0. The van der Waals surface area contributed by atoms with Gasteiger partial charge in [-0.05, 0) is 25.1 Å². The second kappa shape index (κ2) is 5.53. The number of hydrogen-bond acceptors (Lipinski definition) is 3. The number of rotatable bonds is 3. The Kier molecular flexibility index (Phi) is 3.98. The van der Waals surface area contributed by atoms with E-state index in [-0.39, 0.29) is 18.0 Å². The van der Waals surface area contributed by atoms with Crippen LogP contribution in [0.25, 0.3) is 0 Å². The fourth-order valence-corrected chi connectivity index (χ4v) is 1.83. The third-order valence-electron chi connectivity index (χ3n) is 3.13. The van der Waals surface area contributed by atoms with Crippen molar-refractivity contribution in [1.29, 1.82) is 0 Å². The molecule has 3 heteroatoms. The van der Waals surface area contributed by atoms with Gasteiger partial charge in [0.05, 0.1) is 5.56 Å². The third kappa shape index (κ3) is 3.29. The molecule has 0 amide bonds. The number of furan rings is 1. The van der Waals surface area contributed by atoms with Gasteiger partial charge in [0.25, 0.3) is 0 Å². The van der Waals surface area contributed by atoms with Crippen molar-refractivity contribution in [2.75, 3.05) is 0 Å². The van der Waals surface area contributed by atoms with Crippen LogP contribution < -0.4 is 0 Å². The Morgan fingerprint density at radius 2 is 1.85 bits per heavy atom. The second-order valence-electron chi connectivity index (χ2n) is 5.88. The highest BCUT2D eigenvalue weighted by Crippen LogP contribution is 2.27. The van der Waals surface area contributed by atoms with Crippen LogP contribution in [0, 0.1) is 6.92 Å². The van der Waals surface area contributed by atoms with Gasteiger partial charge in [0, 0.05) is 11.0 Å². The summed E-state index contributed by atoms with van der Waals surface area (Å²) >= 11 is 0. The zero-order valence-corrected chi connectivity index (χ0v) is 12.4. The van der Waals surface area contributed by atoms with Crippen LogP contribution in [0.15, 0.2) is 40.8 Å². The van der Waals surface area contributed by atoms with E-state index < -0.39 is 0 Å². The summed E-state index contributed by atoms with van der Waals surface area (Å²) in [5.74, 6) is 1.39. The number of benzene rings is 1. The fourth-order valence-electron chi connectivity index (χ4n) is 1.83. The lowest BCUT2D eigenvalue weighted by Gasteiger charge is -2.13. The summed E-state index contributed by atoms with van der Waals surface area (Å²) in [4.78, 5) is 11.9. The molecule has 106 valence electrons. The first-order chi connectivity index (χ1) is 9.38. The summed E-state index contributed by atoms with van der Waals surface area (Å²) < 4.78 is 11.0. The predicted molar refractivity (Wildman–Crippen MR) is 77.7 cm³/mol. The molecule has 0 aliphatic rings. The molecule has 1 heterocycles. The van der Waals surface area contributed by atoms with Gasteiger partial charge < -0.3 is 9.15 Å². The van der Waals surface area contributed by atoms with Gasteiger partial charge in [-0.2, -0.15) is 0 Å². The van der Waals surface area contributed by atoms with E-state index in [2.05, 4.69) is 20.8 Å². The zero-order chi connectivity index (χ0) is 14.8. The van der Waals surface area contributed by atoms with Crippen LogP contribution in [0.4, 0.5) is 0 Å². The maximum atomic E-state index is 11.9. The SMILES string of the molecule is Cc1oc(C(C)(C)C)cc1COC(=O)c1ccccc1. The van der Waals surface area contributed by atoms with E-state index in [9.17, 15) is 4.79 Å². The van der Waals surface area contributed by atoms with Crippen molar-refractivity contribution < 1.29 is 13.9 Å². The molecule has 0 fully saturated rings. The van der Waals surface area contributed by atoms with Crippen molar-refractivity contribution in [3.63, 3.8) is 0 Å². The van der Waals surface area contributed by atoms with Crippen molar-refractivity contribution in [2.24, 2.45) is 0 Å². The van der Waals surface area contributed by atoms with E-state index in [4.69, 9.17) is 9.15 Å². The van der Waals surface area contributed by atoms with Crippen LogP contribution in [0.3, 0.4) is 0 Å². The molecule has 0 spiro atoms. The standard InChI is InChI=1S/C17H20O3/c1-12-14(10-15(20-12)17(2,3)4)11-19-16(18)13-8-6-5-7-9-13/h5-10H,11H2,1-4H3. The van der Waals surface area contributed by atoms with E-state index in [0.29, 0.717) is 5.56 Å². The molecular formula is C17H20O3. The van der Waals surface area contributed by atoms with Crippen LogP contribution in [0.1, 0.15) is 48.2 Å². The molecule has 2 aromatic rings. The Bertz CT molecular complexity index is 588. The van der Waals surface area contributed by atoms with Crippen molar-refractivity contribution in [1.82, 2.24) is 0 Å². The van der Waals surface area contributed by atoms with E-state index in [0.717, 1.165) is 17.1 Å². The quantitative estimate of drug-likeness (QED) is 0.784. The lowest BCUT2D eigenvalue weighted by molar-refractivity contribution is 0.0471. The minimum absolute atomic E-state index is 0.0492. The number of ether oxygens (including phenoxy) is 1. The minimum Gasteiger partial charge on any atom is -0.465 e. The summed E-state index contributed by atoms with van der Waals surface area (Å²) in [6.07, 6.45) is 0. The van der Waals surface area contributed by atoms with Gasteiger partial charge in [0.15, 0.2) is 0 Å². The van der Waals surface area contributed by atoms with Gasteiger partial charge in [-0.25, -0.2) is 4.79 Å². The highest BCUT2D eigenvalue weighted by molar-refractivity contribution is 5.89. The van der Waals surface area contributed by atoms with Gasteiger partial charge >= 0.3 is 5.97 Å². The number of aryl methyl sites for hydroxylation is 1. The molecule has 0 aliphatic heterocycles. The van der Waals surface area contributed by atoms with Crippen LogP contribution in [0.5, 0.6) is 0 Å². The highest BCUT2D eigenvalue weighted by atomic mass is 16.5. The maximum absolute atomic E-state index is 11.9. The van der Waals surface area contributed by atoms with Gasteiger partial charge in [-0.3, -0.25) is 0 Å². The number of esters is 1. The third-order valence-corrected chi connectivity index (χ3v) is 3.13. The van der Waals surface area contributed by atoms with Gasteiger partial charge in [0.2, 0.25) is 0 Å². The van der Waals surface area contributed by atoms with E-state index in [1.165, 1.54) is 0 Å². The normalized spacial score (nSPS) is 11.4. The minimum atomic E-state index is -0.316. The first-order valence-electron chi connectivity index (χ1n) is 6.70. The highest BCUT2D eigenvalue weighted by Gasteiger charge is 2.20. The predicted octanol–water partition coefficient (Wildman–Crippen LogP) is 4.24. The average molecular weight is 272 g/mol. The molecule has 20 heavy (non-hydrogen) atoms. The fraction of sp³-hybridized carbons (Fsp3) is 0.353. The zero-order valence-electron chi connectivity index (χ0n) is 12.4. The first-order valence-corrected chi connectivity index (χ1v) is 6.70. The molecule has 0 saturated heterocycles. The molecule has 0 radical (unpaired) electrons. The molecular weight excluding hydrogens is 252 g/mol. The van der Waals surface area contributed by atoms with Gasteiger partial charge in [-0.15, -0.1) is 0 Å². The number of carbonyl (C=O) groups excluding carboxylic acids is 1. The molecule has 0 N–H and O–H groups in total. The van der Waals surface area contributed by atoms with Crippen molar-refractivity contribution >= 4 is 5.97 Å². The van der Waals surface area contributed by atoms with Crippen molar-refractivity contribution in [2.45, 2.75) is 39.7 Å². The smallest absolute Gasteiger partial charge is 0.338 e. The summed E-state index contributed by atoms with van der Waals surface area (Å²) in [5.41, 5.74) is 1.43. The van der Waals surface area contributed by atoms with E-state index in [1.54, 1.807) is 12.1 Å². The summed E-state index contributed by atoms with van der Waals surface area (Å²) in [6, 6.07) is 10.9. The van der Waals surface area contributed by atoms with E-state index >= 15 is 0 Å². The Hall–Kier alpha value is -2.03. The number of carbonyl (C=O) groups is 1. The molecule has 3 nitrogen and oxygen atoms in total. The largest absolute Gasteiger partial charge is 0.465 e. The Morgan fingerprint density at radius 3 is 2.40 bits per heavy atom. The lowest BCUT2D eigenvalue weighted by Crippen LogP contribution is -2.09.